The molecule has 0 radical (unpaired) electrons. The summed E-state index contributed by atoms with van der Waals surface area (Å²) in [6, 6.07) is 13.8. The third-order valence-corrected chi connectivity index (χ3v) is 7.90. The van der Waals surface area contributed by atoms with Crippen molar-refractivity contribution >= 4 is 33.4 Å². The van der Waals surface area contributed by atoms with Gasteiger partial charge in [0.2, 0.25) is 11.8 Å². The Balaban J connectivity index is 1.37. The molecule has 10 nitrogen and oxygen atoms in total. The summed E-state index contributed by atoms with van der Waals surface area (Å²) >= 11 is 1.54. The van der Waals surface area contributed by atoms with Crippen LogP contribution in [0.4, 0.5) is 0 Å². The lowest BCUT2D eigenvalue weighted by Gasteiger charge is -2.26. The normalized spacial score (nSPS) is 15.5. The number of aromatic nitrogens is 3. The predicted molar refractivity (Wildman–Crippen MR) is 159 cm³/mol. The van der Waals surface area contributed by atoms with Crippen molar-refractivity contribution in [2.24, 2.45) is 0 Å². The van der Waals surface area contributed by atoms with Crippen molar-refractivity contribution in [3.8, 4) is 11.1 Å². The van der Waals surface area contributed by atoms with Gasteiger partial charge in [-0.05, 0) is 70.0 Å². The molecule has 1 saturated heterocycles. The van der Waals surface area contributed by atoms with Gasteiger partial charge in [0.15, 0.2) is 0 Å². The topological polar surface area (TPSA) is 117 Å². The smallest absolute Gasteiger partial charge is 0.315 e. The van der Waals surface area contributed by atoms with Crippen molar-refractivity contribution in [3.05, 3.63) is 64.8 Å². The van der Waals surface area contributed by atoms with Gasteiger partial charge in [0.05, 0.1) is 29.5 Å². The molecule has 4 aromatic rings. The zero-order valence-corrected chi connectivity index (χ0v) is 25.4. The van der Waals surface area contributed by atoms with Gasteiger partial charge in [0.1, 0.15) is 22.9 Å². The highest BCUT2D eigenvalue weighted by atomic mass is 32.1. The summed E-state index contributed by atoms with van der Waals surface area (Å²) < 4.78 is 23.6. The standard InChI is InChI=1S/C31H36N4O6S/c1-6-39-19(2)27(28-34-33-25(40-28)18-26(36)41-31(3,4)5)29-32-23-12-11-22(17-24(23)42-29)20-7-9-21(10-8-20)30(37)35-13-15-38-16-14-35/h7-12,17,19,27H,6,13-16,18H2,1-5H3. The number of morpholine rings is 1. The first-order valence-corrected chi connectivity index (χ1v) is 15.0. The van der Waals surface area contributed by atoms with Crippen LogP contribution in [-0.2, 0) is 25.4 Å². The van der Waals surface area contributed by atoms with E-state index < -0.39 is 17.5 Å². The van der Waals surface area contributed by atoms with E-state index in [4.69, 9.17) is 23.6 Å². The highest BCUT2D eigenvalue weighted by Gasteiger charge is 2.31. The first-order chi connectivity index (χ1) is 20.1. The third kappa shape index (κ3) is 7.03. The van der Waals surface area contributed by atoms with E-state index in [2.05, 4.69) is 16.3 Å². The first-order valence-electron chi connectivity index (χ1n) is 14.1. The molecule has 0 bridgehead atoms. The minimum atomic E-state index is -0.603. The Morgan fingerprint density at radius 1 is 1.05 bits per heavy atom. The second kappa shape index (κ2) is 12.7. The molecule has 2 aromatic carbocycles. The highest BCUT2D eigenvalue weighted by molar-refractivity contribution is 7.18. The molecule has 222 valence electrons. The van der Waals surface area contributed by atoms with Crippen LogP contribution in [0.2, 0.25) is 0 Å². The summed E-state index contributed by atoms with van der Waals surface area (Å²) in [5.74, 6) is -0.285. The minimum absolute atomic E-state index is 0.0251. The predicted octanol–water partition coefficient (Wildman–Crippen LogP) is 5.26. The lowest BCUT2D eigenvalue weighted by atomic mass is 10.0. The molecule has 0 aliphatic carbocycles. The molecule has 1 amide bonds. The van der Waals surface area contributed by atoms with Crippen molar-refractivity contribution in [1.29, 1.82) is 0 Å². The summed E-state index contributed by atoms with van der Waals surface area (Å²) in [4.78, 5) is 31.8. The number of nitrogens with zero attached hydrogens (tertiary/aromatic N) is 4. The second-order valence-corrected chi connectivity index (χ2v) is 12.2. The first kappa shape index (κ1) is 29.8. The maximum atomic E-state index is 12.8. The van der Waals surface area contributed by atoms with Crippen LogP contribution in [0.3, 0.4) is 0 Å². The number of benzene rings is 2. The molecule has 42 heavy (non-hydrogen) atoms. The van der Waals surface area contributed by atoms with E-state index in [1.807, 2.05) is 75.9 Å². The van der Waals surface area contributed by atoms with E-state index in [-0.39, 0.29) is 24.3 Å². The average Bonchev–Trinajstić information content (AvgIpc) is 3.59. The van der Waals surface area contributed by atoms with Gasteiger partial charge >= 0.3 is 5.97 Å². The number of esters is 1. The van der Waals surface area contributed by atoms with Crippen LogP contribution >= 0.6 is 11.3 Å². The van der Waals surface area contributed by atoms with Crippen LogP contribution in [0.5, 0.6) is 0 Å². The van der Waals surface area contributed by atoms with Crippen LogP contribution in [-0.4, -0.2) is 76.6 Å². The van der Waals surface area contributed by atoms with Crippen molar-refractivity contribution in [2.45, 2.75) is 58.7 Å². The Kier molecular flexibility index (Phi) is 9.00. The molecular weight excluding hydrogens is 556 g/mol. The molecule has 0 N–H and O–H groups in total. The Labute approximate surface area is 249 Å². The summed E-state index contributed by atoms with van der Waals surface area (Å²) in [7, 11) is 0. The maximum absolute atomic E-state index is 12.8. The van der Waals surface area contributed by atoms with E-state index in [1.165, 1.54) is 11.3 Å². The second-order valence-electron chi connectivity index (χ2n) is 11.2. The van der Waals surface area contributed by atoms with Gasteiger partial charge in [-0.1, -0.05) is 18.2 Å². The van der Waals surface area contributed by atoms with Crippen LogP contribution in [0, 0.1) is 0 Å². The molecule has 11 heteroatoms. The van der Waals surface area contributed by atoms with Gasteiger partial charge in [-0.25, -0.2) is 4.98 Å². The van der Waals surface area contributed by atoms with E-state index >= 15 is 0 Å². The number of carbonyl (C=O) groups excluding carboxylic acids is 2. The zero-order valence-electron chi connectivity index (χ0n) is 24.6. The van der Waals surface area contributed by atoms with Gasteiger partial charge in [0, 0.05) is 25.3 Å². The van der Waals surface area contributed by atoms with Crippen molar-refractivity contribution in [1.82, 2.24) is 20.1 Å². The number of hydrogen-bond donors (Lipinski definition) is 0. The molecule has 2 unspecified atom stereocenters. The summed E-state index contributed by atoms with van der Waals surface area (Å²) in [5.41, 5.74) is 2.94. The third-order valence-electron chi connectivity index (χ3n) is 6.80. The molecule has 2 aromatic heterocycles. The fourth-order valence-corrected chi connectivity index (χ4v) is 6.03. The van der Waals surface area contributed by atoms with Crippen LogP contribution in [0.25, 0.3) is 21.3 Å². The number of ether oxygens (including phenoxy) is 3. The van der Waals surface area contributed by atoms with Gasteiger partial charge in [0.25, 0.3) is 5.91 Å². The summed E-state index contributed by atoms with van der Waals surface area (Å²) in [6.07, 6.45) is -0.401. The number of hydrogen-bond acceptors (Lipinski definition) is 10. The van der Waals surface area contributed by atoms with Gasteiger partial charge in [-0.2, -0.15) is 0 Å². The molecule has 0 saturated carbocycles. The molecule has 1 fully saturated rings. The fraction of sp³-hybridized carbons (Fsp3) is 0.452. The van der Waals surface area contributed by atoms with Crippen LogP contribution in [0.1, 0.15) is 67.7 Å². The van der Waals surface area contributed by atoms with Crippen LogP contribution < -0.4 is 0 Å². The van der Waals surface area contributed by atoms with Crippen molar-refractivity contribution in [3.63, 3.8) is 0 Å². The van der Waals surface area contributed by atoms with Crippen molar-refractivity contribution in [2.75, 3.05) is 32.9 Å². The number of carbonyl (C=O) groups is 2. The highest BCUT2D eigenvalue weighted by Crippen LogP contribution is 2.36. The van der Waals surface area contributed by atoms with E-state index in [0.29, 0.717) is 44.4 Å². The van der Waals surface area contributed by atoms with Gasteiger partial charge < -0.3 is 23.5 Å². The summed E-state index contributed by atoms with van der Waals surface area (Å²) in [6.45, 7) is 12.2. The number of thiazole rings is 1. The SMILES string of the molecule is CCOC(C)C(c1nnc(CC(=O)OC(C)(C)C)o1)c1nc2ccc(-c3ccc(C(=O)N4CCOCC4)cc3)cc2s1. The Morgan fingerprint density at radius 3 is 2.45 bits per heavy atom. The van der Waals surface area contributed by atoms with Gasteiger partial charge in [-0.15, -0.1) is 21.5 Å². The Hall–Kier alpha value is -3.67. The fourth-order valence-electron chi connectivity index (χ4n) is 4.84. The monoisotopic (exact) mass is 592 g/mol. The molecular formula is C31H36N4O6S. The largest absolute Gasteiger partial charge is 0.460 e. The lowest BCUT2D eigenvalue weighted by Crippen LogP contribution is -2.40. The van der Waals surface area contributed by atoms with Crippen LogP contribution in [0.15, 0.2) is 46.9 Å². The average molecular weight is 593 g/mol. The molecule has 1 aliphatic heterocycles. The zero-order chi connectivity index (χ0) is 29.9. The minimum Gasteiger partial charge on any atom is -0.460 e. The number of amides is 1. The quantitative estimate of drug-likeness (QED) is 0.240. The Morgan fingerprint density at radius 2 is 1.76 bits per heavy atom. The summed E-state index contributed by atoms with van der Waals surface area (Å²) in [5, 5.41) is 9.14. The molecule has 1 aliphatic rings. The molecule has 0 spiro atoms. The molecule has 2 atom stereocenters. The lowest BCUT2D eigenvalue weighted by molar-refractivity contribution is -0.154. The van der Waals surface area contributed by atoms with Gasteiger partial charge in [-0.3, -0.25) is 9.59 Å². The van der Waals surface area contributed by atoms with Crippen molar-refractivity contribution < 1.29 is 28.2 Å². The Bertz CT molecular complexity index is 1540. The van der Waals surface area contributed by atoms with E-state index in [0.717, 1.165) is 26.4 Å². The maximum Gasteiger partial charge on any atom is 0.315 e. The number of fused-ring (bicyclic) bond motifs is 1. The molecule has 3 heterocycles. The van der Waals surface area contributed by atoms with E-state index in [1.54, 1.807) is 0 Å². The van der Waals surface area contributed by atoms with E-state index in [9.17, 15) is 9.59 Å². The number of rotatable bonds is 9. The molecule has 5 rings (SSSR count).